The van der Waals surface area contributed by atoms with E-state index < -0.39 is 0 Å². The summed E-state index contributed by atoms with van der Waals surface area (Å²) in [5.74, 6) is 0.113. The summed E-state index contributed by atoms with van der Waals surface area (Å²) in [6.07, 6.45) is 7.76. The van der Waals surface area contributed by atoms with E-state index in [-0.39, 0.29) is 5.91 Å². The van der Waals surface area contributed by atoms with Gasteiger partial charge in [-0.25, -0.2) is 0 Å². The van der Waals surface area contributed by atoms with Crippen LogP contribution in [-0.4, -0.2) is 33.7 Å². The Hall–Kier alpha value is -1.32. The van der Waals surface area contributed by atoms with E-state index in [1.165, 1.54) is 19.3 Å². The zero-order chi connectivity index (χ0) is 12.4. The maximum Gasteiger partial charge on any atom is 0.257 e. The standard InChI is InChI=1S/C13H21N3O/c1-10-12(9-14-16(10)3)13(17)15(2)11-7-5-4-6-8-11/h9,11H,4-8H2,1-3H3. The van der Waals surface area contributed by atoms with E-state index in [0.29, 0.717) is 6.04 Å². The molecule has 0 aliphatic heterocycles. The number of aryl methyl sites for hydroxylation is 1. The fraction of sp³-hybridized carbons (Fsp3) is 0.692. The fourth-order valence-corrected chi connectivity index (χ4v) is 2.53. The molecule has 0 N–H and O–H groups in total. The van der Waals surface area contributed by atoms with Crippen molar-refractivity contribution in [2.24, 2.45) is 7.05 Å². The molecule has 4 heteroatoms. The molecule has 1 saturated carbocycles. The van der Waals surface area contributed by atoms with Crippen LogP contribution in [0.1, 0.15) is 48.2 Å². The van der Waals surface area contributed by atoms with Gasteiger partial charge in [0.05, 0.1) is 11.8 Å². The van der Waals surface area contributed by atoms with Crippen LogP contribution in [0.25, 0.3) is 0 Å². The molecule has 0 spiro atoms. The monoisotopic (exact) mass is 235 g/mol. The first kappa shape index (κ1) is 12.1. The number of hydrogen-bond donors (Lipinski definition) is 0. The van der Waals surface area contributed by atoms with Crippen molar-refractivity contribution in [1.82, 2.24) is 14.7 Å². The van der Waals surface area contributed by atoms with Gasteiger partial charge in [0, 0.05) is 25.8 Å². The van der Waals surface area contributed by atoms with E-state index >= 15 is 0 Å². The molecule has 0 radical (unpaired) electrons. The summed E-state index contributed by atoms with van der Waals surface area (Å²) >= 11 is 0. The number of nitrogens with zero attached hydrogens (tertiary/aromatic N) is 3. The van der Waals surface area contributed by atoms with Gasteiger partial charge in [0.25, 0.3) is 5.91 Å². The second kappa shape index (κ2) is 4.90. The highest BCUT2D eigenvalue weighted by Gasteiger charge is 2.24. The molecular formula is C13H21N3O. The Morgan fingerprint density at radius 3 is 2.59 bits per heavy atom. The van der Waals surface area contributed by atoms with E-state index in [4.69, 9.17) is 0 Å². The highest BCUT2D eigenvalue weighted by Crippen LogP contribution is 2.23. The summed E-state index contributed by atoms with van der Waals surface area (Å²) in [4.78, 5) is 14.3. The summed E-state index contributed by atoms with van der Waals surface area (Å²) in [7, 11) is 3.79. The second-order valence-electron chi connectivity index (χ2n) is 4.98. The summed E-state index contributed by atoms with van der Waals surface area (Å²) < 4.78 is 1.75. The summed E-state index contributed by atoms with van der Waals surface area (Å²) in [5.41, 5.74) is 1.68. The van der Waals surface area contributed by atoms with E-state index in [1.807, 2.05) is 25.9 Å². The molecule has 1 aliphatic rings. The largest absolute Gasteiger partial charge is 0.339 e. The predicted molar refractivity (Wildman–Crippen MR) is 66.9 cm³/mol. The lowest BCUT2D eigenvalue weighted by Crippen LogP contribution is -2.38. The van der Waals surface area contributed by atoms with Gasteiger partial charge in [-0.05, 0) is 19.8 Å². The Morgan fingerprint density at radius 2 is 2.06 bits per heavy atom. The molecule has 17 heavy (non-hydrogen) atoms. The van der Waals surface area contributed by atoms with Crippen molar-refractivity contribution in [3.63, 3.8) is 0 Å². The van der Waals surface area contributed by atoms with Gasteiger partial charge in [-0.2, -0.15) is 5.10 Å². The molecule has 0 saturated heterocycles. The number of aromatic nitrogens is 2. The van der Waals surface area contributed by atoms with Gasteiger partial charge in [0.2, 0.25) is 0 Å². The zero-order valence-corrected chi connectivity index (χ0v) is 10.9. The van der Waals surface area contributed by atoms with Crippen LogP contribution in [0, 0.1) is 6.92 Å². The van der Waals surface area contributed by atoms with Crippen molar-refractivity contribution in [2.75, 3.05) is 7.05 Å². The molecule has 1 fully saturated rings. The van der Waals surface area contributed by atoms with Crippen LogP contribution >= 0.6 is 0 Å². The third-order valence-electron chi connectivity index (χ3n) is 3.91. The fourth-order valence-electron chi connectivity index (χ4n) is 2.53. The molecule has 1 amide bonds. The quantitative estimate of drug-likeness (QED) is 0.787. The maximum atomic E-state index is 12.4. The van der Waals surface area contributed by atoms with Crippen LogP contribution in [-0.2, 0) is 7.05 Å². The molecular weight excluding hydrogens is 214 g/mol. The summed E-state index contributed by atoms with van der Waals surface area (Å²) in [6, 6.07) is 0.413. The Balaban J connectivity index is 2.11. The number of rotatable bonds is 2. The number of hydrogen-bond acceptors (Lipinski definition) is 2. The van der Waals surface area contributed by atoms with Crippen LogP contribution in [0.3, 0.4) is 0 Å². The average Bonchev–Trinajstić information content (AvgIpc) is 2.69. The van der Waals surface area contributed by atoms with Crippen molar-refractivity contribution >= 4 is 5.91 Å². The van der Waals surface area contributed by atoms with E-state index in [1.54, 1.807) is 10.9 Å². The first-order chi connectivity index (χ1) is 8.11. The summed E-state index contributed by atoms with van der Waals surface area (Å²) in [6.45, 7) is 1.94. The minimum absolute atomic E-state index is 0.113. The lowest BCUT2D eigenvalue weighted by molar-refractivity contribution is 0.0695. The highest BCUT2D eigenvalue weighted by molar-refractivity contribution is 5.95. The molecule has 0 unspecified atom stereocenters. The van der Waals surface area contributed by atoms with Crippen LogP contribution in [0.15, 0.2) is 6.20 Å². The third-order valence-corrected chi connectivity index (χ3v) is 3.91. The molecule has 94 valence electrons. The van der Waals surface area contributed by atoms with E-state index in [2.05, 4.69) is 5.10 Å². The van der Waals surface area contributed by atoms with Gasteiger partial charge >= 0.3 is 0 Å². The minimum atomic E-state index is 0.113. The zero-order valence-electron chi connectivity index (χ0n) is 10.9. The van der Waals surface area contributed by atoms with Crippen molar-refractivity contribution in [3.05, 3.63) is 17.5 Å². The number of amides is 1. The van der Waals surface area contributed by atoms with Gasteiger partial charge < -0.3 is 4.90 Å². The minimum Gasteiger partial charge on any atom is -0.339 e. The first-order valence-electron chi connectivity index (χ1n) is 6.37. The van der Waals surface area contributed by atoms with Crippen molar-refractivity contribution < 1.29 is 4.79 Å². The Kier molecular flexibility index (Phi) is 3.50. The van der Waals surface area contributed by atoms with Gasteiger partial charge in [-0.15, -0.1) is 0 Å². The molecule has 1 aromatic rings. The average molecular weight is 235 g/mol. The molecule has 1 aliphatic carbocycles. The summed E-state index contributed by atoms with van der Waals surface area (Å²) in [5, 5.41) is 4.13. The van der Waals surface area contributed by atoms with Crippen LogP contribution in [0.5, 0.6) is 0 Å². The van der Waals surface area contributed by atoms with Crippen molar-refractivity contribution in [1.29, 1.82) is 0 Å². The number of carbonyl (C=O) groups is 1. The SMILES string of the molecule is Cc1c(C(=O)N(C)C2CCCCC2)cnn1C. The second-order valence-corrected chi connectivity index (χ2v) is 4.98. The van der Waals surface area contributed by atoms with E-state index in [0.717, 1.165) is 24.1 Å². The highest BCUT2D eigenvalue weighted by atomic mass is 16.2. The van der Waals surface area contributed by atoms with Crippen LogP contribution in [0.4, 0.5) is 0 Å². The molecule has 0 atom stereocenters. The van der Waals surface area contributed by atoms with Gasteiger partial charge in [-0.1, -0.05) is 19.3 Å². The molecule has 1 aromatic heterocycles. The lowest BCUT2D eigenvalue weighted by atomic mass is 9.94. The predicted octanol–water partition coefficient (Wildman–Crippen LogP) is 2.13. The maximum absolute atomic E-state index is 12.4. The molecule has 4 nitrogen and oxygen atoms in total. The van der Waals surface area contributed by atoms with Gasteiger partial charge in [0.1, 0.15) is 0 Å². The van der Waals surface area contributed by atoms with Crippen molar-refractivity contribution in [3.8, 4) is 0 Å². The van der Waals surface area contributed by atoms with Gasteiger partial charge in [0.15, 0.2) is 0 Å². The Labute approximate surface area is 103 Å². The van der Waals surface area contributed by atoms with Crippen LogP contribution < -0.4 is 0 Å². The topological polar surface area (TPSA) is 38.1 Å². The van der Waals surface area contributed by atoms with Crippen molar-refractivity contribution in [2.45, 2.75) is 45.1 Å². The molecule has 2 rings (SSSR count). The Bertz CT molecular complexity index is 405. The lowest BCUT2D eigenvalue weighted by Gasteiger charge is -2.31. The molecule has 1 heterocycles. The van der Waals surface area contributed by atoms with Crippen LogP contribution in [0.2, 0.25) is 0 Å². The smallest absolute Gasteiger partial charge is 0.257 e. The molecule has 0 aromatic carbocycles. The molecule has 0 bridgehead atoms. The third kappa shape index (κ3) is 2.35. The Morgan fingerprint density at radius 1 is 1.41 bits per heavy atom. The number of carbonyl (C=O) groups excluding carboxylic acids is 1. The van der Waals surface area contributed by atoms with E-state index in [9.17, 15) is 4.79 Å². The van der Waals surface area contributed by atoms with Gasteiger partial charge in [-0.3, -0.25) is 9.48 Å². The normalized spacial score (nSPS) is 17.1. The first-order valence-corrected chi connectivity index (χ1v) is 6.37.